The zero-order chi connectivity index (χ0) is 19.1. The van der Waals surface area contributed by atoms with Gasteiger partial charge in [-0.1, -0.05) is 47.5 Å². The van der Waals surface area contributed by atoms with Gasteiger partial charge in [0.1, 0.15) is 0 Å². The quantitative estimate of drug-likeness (QED) is 0.594. The molecule has 0 bridgehead atoms. The van der Waals surface area contributed by atoms with Crippen LogP contribution in [0.25, 0.3) is 0 Å². The van der Waals surface area contributed by atoms with Crippen molar-refractivity contribution in [2.75, 3.05) is 30.3 Å². The van der Waals surface area contributed by atoms with Crippen molar-refractivity contribution in [2.24, 2.45) is 0 Å². The molecule has 0 aliphatic carbocycles. The largest absolute Gasteiger partial charge is 0.371 e. The molecule has 2 aromatic rings. The molecule has 3 rings (SSSR count). The highest BCUT2D eigenvalue weighted by molar-refractivity contribution is 7.99. The Labute approximate surface area is 175 Å². The van der Waals surface area contributed by atoms with Crippen LogP contribution in [-0.2, 0) is 17.0 Å². The van der Waals surface area contributed by atoms with Crippen LogP contribution in [0.2, 0.25) is 10.0 Å². The number of halogens is 2. The third kappa shape index (κ3) is 6.06. The summed E-state index contributed by atoms with van der Waals surface area (Å²) in [6, 6.07) is 14.1. The van der Waals surface area contributed by atoms with Crippen LogP contribution in [0.15, 0.2) is 42.5 Å². The van der Waals surface area contributed by atoms with E-state index >= 15 is 0 Å². The third-order valence-corrected chi connectivity index (χ3v) is 6.21. The van der Waals surface area contributed by atoms with Crippen molar-refractivity contribution in [3.8, 4) is 0 Å². The average molecular weight is 423 g/mol. The lowest BCUT2D eigenvalue weighted by atomic mass is 10.0. The number of thioether (sulfide) groups is 1. The van der Waals surface area contributed by atoms with Crippen molar-refractivity contribution in [2.45, 2.75) is 25.0 Å². The number of rotatable bonds is 8. The Bertz CT molecular complexity index is 785. The summed E-state index contributed by atoms with van der Waals surface area (Å²) in [5.74, 6) is 1.21. The van der Waals surface area contributed by atoms with E-state index in [0.717, 1.165) is 31.5 Å². The monoisotopic (exact) mass is 422 g/mol. The van der Waals surface area contributed by atoms with Gasteiger partial charge in [0.2, 0.25) is 5.91 Å². The zero-order valence-corrected chi connectivity index (χ0v) is 17.5. The van der Waals surface area contributed by atoms with E-state index in [0.29, 0.717) is 28.1 Å². The van der Waals surface area contributed by atoms with Gasteiger partial charge in [-0.25, -0.2) is 0 Å². The Balaban J connectivity index is 1.33. The molecule has 0 aromatic heterocycles. The molecule has 27 heavy (non-hydrogen) atoms. The van der Waals surface area contributed by atoms with E-state index in [1.807, 2.05) is 12.1 Å². The molecule has 144 valence electrons. The summed E-state index contributed by atoms with van der Waals surface area (Å²) in [7, 11) is 0. The first-order valence-corrected chi connectivity index (χ1v) is 11.2. The van der Waals surface area contributed by atoms with Crippen LogP contribution >= 0.6 is 35.0 Å². The number of nitrogens with zero attached hydrogens (tertiary/aromatic N) is 1. The molecule has 0 saturated heterocycles. The van der Waals surface area contributed by atoms with Crippen LogP contribution in [0.1, 0.15) is 24.0 Å². The molecule has 0 fully saturated rings. The average Bonchev–Trinajstić information content (AvgIpc) is 2.67. The van der Waals surface area contributed by atoms with Gasteiger partial charge in [0.05, 0.1) is 5.75 Å². The summed E-state index contributed by atoms with van der Waals surface area (Å²) in [6.07, 6.45) is 3.32. The van der Waals surface area contributed by atoms with E-state index in [9.17, 15) is 4.79 Å². The highest BCUT2D eigenvalue weighted by Gasteiger charge is 2.15. The van der Waals surface area contributed by atoms with Gasteiger partial charge >= 0.3 is 0 Å². The summed E-state index contributed by atoms with van der Waals surface area (Å²) in [5, 5.41) is 4.29. The zero-order valence-electron chi connectivity index (χ0n) is 15.2. The van der Waals surface area contributed by atoms with Crippen LogP contribution in [-0.4, -0.2) is 31.3 Å². The molecule has 6 heteroatoms. The van der Waals surface area contributed by atoms with Gasteiger partial charge in [-0.15, -0.1) is 11.8 Å². The lowest BCUT2D eigenvalue weighted by molar-refractivity contribution is -0.118. The van der Waals surface area contributed by atoms with Gasteiger partial charge in [0.25, 0.3) is 0 Å². The summed E-state index contributed by atoms with van der Waals surface area (Å²) in [4.78, 5) is 14.5. The van der Waals surface area contributed by atoms with Crippen molar-refractivity contribution in [1.29, 1.82) is 0 Å². The van der Waals surface area contributed by atoms with Crippen molar-refractivity contribution in [3.05, 3.63) is 63.6 Å². The minimum atomic E-state index is 0.0733. The maximum Gasteiger partial charge on any atom is 0.230 e. The first-order chi connectivity index (χ1) is 13.1. The fourth-order valence-corrected chi connectivity index (χ4v) is 4.70. The van der Waals surface area contributed by atoms with Gasteiger partial charge in [0.15, 0.2) is 0 Å². The van der Waals surface area contributed by atoms with Crippen LogP contribution in [0.5, 0.6) is 0 Å². The third-order valence-electron chi connectivity index (χ3n) is 4.64. The molecular weight excluding hydrogens is 399 g/mol. The molecule has 1 amide bonds. The maximum absolute atomic E-state index is 12.0. The Morgan fingerprint density at radius 3 is 2.89 bits per heavy atom. The van der Waals surface area contributed by atoms with E-state index < -0.39 is 0 Å². The molecule has 2 aromatic carbocycles. The standard InChI is InChI=1S/C21H24Cl2N2OS/c22-18-9-8-17(19(23)13-18)14-27-15-21(26)24-10-4-12-25-11-3-6-16-5-1-2-7-20(16)25/h1-2,5,7-9,13H,3-4,6,10-12,14-15H2,(H,24,26). The first-order valence-electron chi connectivity index (χ1n) is 9.25. The van der Waals surface area contributed by atoms with E-state index in [1.165, 1.54) is 17.7 Å². The molecule has 0 atom stereocenters. The number of carbonyl (C=O) groups is 1. The van der Waals surface area contributed by atoms with Crippen LogP contribution in [0.4, 0.5) is 5.69 Å². The van der Waals surface area contributed by atoms with Crippen molar-refractivity contribution in [3.63, 3.8) is 0 Å². The molecule has 1 heterocycles. The Kier molecular flexibility index (Phi) is 7.74. The second kappa shape index (κ2) is 10.3. The number of benzene rings is 2. The number of hydrogen-bond donors (Lipinski definition) is 1. The molecule has 1 N–H and O–H groups in total. The lowest BCUT2D eigenvalue weighted by Gasteiger charge is -2.31. The number of aryl methyl sites for hydroxylation is 1. The predicted octanol–water partition coefficient (Wildman–Crippen LogP) is 5.19. The SMILES string of the molecule is O=C(CSCc1ccc(Cl)cc1Cl)NCCCN1CCCc2ccccc21. The molecule has 0 unspecified atom stereocenters. The van der Waals surface area contributed by atoms with Gasteiger partial charge in [0, 0.05) is 41.1 Å². The fourth-order valence-electron chi connectivity index (χ4n) is 3.28. The first kappa shape index (κ1) is 20.4. The fraction of sp³-hybridized carbons (Fsp3) is 0.381. The normalized spacial score (nSPS) is 13.3. The minimum Gasteiger partial charge on any atom is -0.371 e. The van der Waals surface area contributed by atoms with E-state index in [4.69, 9.17) is 23.2 Å². The lowest BCUT2D eigenvalue weighted by Crippen LogP contribution is -2.33. The molecule has 0 spiro atoms. The number of para-hydroxylation sites is 1. The molecule has 1 aliphatic rings. The second-order valence-corrected chi connectivity index (χ2v) is 8.48. The molecule has 0 saturated carbocycles. The second-order valence-electron chi connectivity index (χ2n) is 6.65. The van der Waals surface area contributed by atoms with E-state index in [-0.39, 0.29) is 5.91 Å². The Morgan fingerprint density at radius 2 is 2.04 bits per heavy atom. The number of anilines is 1. The predicted molar refractivity (Wildman–Crippen MR) is 117 cm³/mol. The topological polar surface area (TPSA) is 32.3 Å². The summed E-state index contributed by atoms with van der Waals surface area (Å²) in [5.41, 5.74) is 3.79. The van der Waals surface area contributed by atoms with Gasteiger partial charge < -0.3 is 10.2 Å². The smallest absolute Gasteiger partial charge is 0.230 e. The summed E-state index contributed by atoms with van der Waals surface area (Å²) >= 11 is 13.6. The highest BCUT2D eigenvalue weighted by Crippen LogP contribution is 2.26. The molecule has 3 nitrogen and oxygen atoms in total. The van der Waals surface area contributed by atoms with Crippen LogP contribution in [0.3, 0.4) is 0 Å². The van der Waals surface area contributed by atoms with Crippen molar-refractivity contribution >= 4 is 46.6 Å². The van der Waals surface area contributed by atoms with Crippen LogP contribution < -0.4 is 10.2 Å². The summed E-state index contributed by atoms with van der Waals surface area (Å²) < 4.78 is 0. The molecule has 1 aliphatic heterocycles. The van der Waals surface area contributed by atoms with Crippen LogP contribution in [0, 0.1) is 0 Å². The van der Waals surface area contributed by atoms with Crippen molar-refractivity contribution in [1.82, 2.24) is 5.32 Å². The van der Waals surface area contributed by atoms with Crippen molar-refractivity contribution < 1.29 is 4.79 Å². The van der Waals surface area contributed by atoms with Gasteiger partial charge in [-0.05, 0) is 48.6 Å². The number of fused-ring (bicyclic) bond motifs is 1. The summed E-state index contributed by atoms with van der Waals surface area (Å²) in [6.45, 7) is 2.78. The van der Waals surface area contributed by atoms with Gasteiger partial charge in [-0.2, -0.15) is 0 Å². The maximum atomic E-state index is 12.0. The van der Waals surface area contributed by atoms with Gasteiger partial charge in [-0.3, -0.25) is 4.79 Å². The number of nitrogens with one attached hydrogen (secondary N) is 1. The Morgan fingerprint density at radius 1 is 1.19 bits per heavy atom. The highest BCUT2D eigenvalue weighted by atomic mass is 35.5. The van der Waals surface area contributed by atoms with E-state index in [2.05, 4.69) is 34.5 Å². The minimum absolute atomic E-state index is 0.0733. The number of amides is 1. The van der Waals surface area contributed by atoms with E-state index in [1.54, 1.807) is 17.8 Å². The molecule has 0 radical (unpaired) electrons. The molecular formula is C21H24Cl2N2OS. The number of carbonyl (C=O) groups excluding carboxylic acids is 1. The Hall–Kier alpha value is -1.36. The number of hydrogen-bond acceptors (Lipinski definition) is 3.